The number of nitrogens with zero attached hydrogens (tertiary/aromatic N) is 1. The molecule has 1 aromatic rings. The van der Waals surface area contributed by atoms with Crippen molar-refractivity contribution in [1.82, 2.24) is 5.32 Å². The van der Waals surface area contributed by atoms with Crippen molar-refractivity contribution >= 4 is 33.7 Å². The van der Waals surface area contributed by atoms with Crippen molar-refractivity contribution in [1.29, 1.82) is 0 Å². The normalized spacial score (nSPS) is 15.2. The number of esters is 1. The Kier molecular flexibility index (Phi) is 8.00. The van der Waals surface area contributed by atoms with Gasteiger partial charge in [0.15, 0.2) is 0 Å². The van der Waals surface area contributed by atoms with Crippen LogP contribution in [0.2, 0.25) is 0 Å². The van der Waals surface area contributed by atoms with Crippen molar-refractivity contribution in [3.8, 4) is 5.75 Å². The first-order valence-electron chi connectivity index (χ1n) is 8.27. The standard InChI is InChI=1S/C18H19BrN2O6/c19-11-14-10-15(21(24)25)6-7-16(14)27-17(22)8-9-20-18(23)26-12-13-4-2-1-3-5-13/h1-4,6-7,10,13H,5,8-9,11-12H2,(H,20,23). The Hall–Kier alpha value is -2.68. The topological polar surface area (TPSA) is 108 Å². The summed E-state index contributed by atoms with van der Waals surface area (Å²) in [6.45, 7) is 0.337. The van der Waals surface area contributed by atoms with Crippen molar-refractivity contribution in [2.24, 2.45) is 5.92 Å². The number of nitro groups is 1. The quantitative estimate of drug-likeness (QED) is 0.218. The Bertz CT molecular complexity index is 762. The molecule has 8 nitrogen and oxygen atoms in total. The van der Waals surface area contributed by atoms with Crippen LogP contribution in [-0.2, 0) is 14.9 Å². The molecule has 2 rings (SSSR count). The number of ether oxygens (including phenoxy) is 2. The predicted molar refractivity (Wildman–Crippen MR) is 102 cm³/mol. The summed E-state index contributed by atoms with van der Waals surface area (Å²) in [6.07, 6.45) is 7.99. The minimum Gasteiger partial charge on any atom is -0.449 e. The molecule has 1 aliphatic carbocycles. The fourth-order valence-corrected chi connectivity index (χ4v) is 2.75. The van der Waals surface area contributed by atoms with E-state index in [2.05, 4.69) is 21.2 Å². The minimum atomic E-state index is -0.595. The molecule has 0 aliphatic heterocycles. The summed E-state index contributed by atoms with van der Waals surface area (Å²) in [5.41, 5.74) is 0.400. The van der Waals surface area contributed by atoms with Gasteiger partial charge in [0.2, 0.25) is 0 Å². The molecule has 0 saturated heterocycles. The van der Waals surface area contributed by atoms with Crippen molar-refractivity contribution < 1.29 is 24.0 Å². The molecule has 9 heteroatoms. The van der Waals surface area contributed by atoms with E-state index >= 15 is 0 Å². The highest BCUT2D eigenvalue weighted by Crippen LogP contribution is 2.26. The second-order valence-corrected chi connectivity index (χ2v) is 6.30. The first-order valence-corrected chi connectivity index (χ1v) is 9.39. The maximum absolute atomic E-state index is 11.9. The van der Waals surface area contributed by atoms with Gasteiger partial charge in [0.25, 0.3) is 5.69 Å². The molecule has 0 aromatic heterocycles. The van der Waals surface area contributed by atoms with Gasteiger partial charge in [-0.1, -0.05) is 40.2 Å². The number of carbonyl (C=O) groups excluding carboxylic acids is 2. The van der Waals surface area contributed by atoms with E-state index in [4.69, 9.17) is 9.47 Å². The molecule has 1 atom stereocenters. The Morgan fingerprint density at radius 2 is 2.15 bits per heavy atom. The molecule has 1 amide bonds. The van der Waals surface area contributed by atoms with E-state index in [9.17, 15) is 19.7 Å². The van der Waals surface area contributed by atoms with Crippen LogP contribution in [-0.4, -0.2) is 30.1 Å². The second-order valence-electron chi connectivity index (χ2n) is 5.74. The van der Waals surface area contributed by atoms with Crippen LogP contribution in [0.3, 0.4) is 0 Å². The number of nitrogens with one attached hydrogen (secondary N) is 1. The molecule has 1 N–H and O–H groups in total. The number of carbonyl (C=O) groups is 2. The molecule has 0 fully saturated rings. The van der Waals surface area contributed by atoms with Crippen LogP contribution in [0.5, 0.6) is 5.75 Å². The van der Waals surface area contributed by atoms with Gasteiger partial charge >= 0.3 is 12.1 Å². The summed E-state index contributed by atoms with van der Waals surface area (Å²) < 4.78 is 10.3. The van der Waals surface area contributed by atoms with E-state index in [1.54, 1.807) is 0 Å². The number of amides is 1. The zero-order valence-electron chi connectivity index (χ0n) is 14.4. The van der Waals surface area contributed by atoms with Gasteiger partial charge in [0, 0.05) is 35.5 Å². The van der Waals surface area contributed by atoms with Crippen LogP contribution >= 0.6 is 15.9 Å². The second kappa shape index (κ2) is 10.5. The Morgan fingerprint density at radius 1 is 1.33 bits per heavy atom. The van der Waals surface area contributed by atoms with E-state index < -0.39 is 17.0 Å². The monoisotopic (exact) mass is 438 g/mol. The third-order valence-corrected chi connectivity index (χ3v) is 4.32. The van der Waals surface area contributed by atoms with E-state index in [0.29, 0.717) is 10.9 Å². The number of alkyl carbamates (subject to hydrolysis) is 1. The molecule has 1 unspecified atom stereocenters. The summed E-state index contributed by atoms with van der Waals surface area (Å²) in [4.78, 5) is 33.8. The maximum atomic E-state index is 11.9. The lowest BCUT2D eigenvalue weighted by atomic mass is 10.0. The lowest BCUT2D eigenvalue weighted by molar-refractivity contribution is -0.384. The fraction of sp³-hybridized carbons (Fsp3) is 0.333. The Balaban J connectivity index is 1.72. The van der Waals surface area contributed by atoms with E-state index in [1.807, 2.05) is 24.3 Å². The number of allylic oxidation sites excluding steroid dienone is 3. The van der Waals surface area contributed by atoms with Crippen LogP contribution in [0.4, 0.5) is 10.5 Å². The molecule has 0 saturated carbocycles. The highest BCUT2D eigenvalue weighted by molar-refractivity contribution is 9.08. The van der Waals surface area contributed by atoms with Crippen LogP contribution in [0.25, 0.3) is 0 Å². The summed E-state index contributed by atoms with van der Waals surface area (Å²) in [6, 6.07) is 3.97. The van der Waals surface area contributed by atoms with Crippen LogP contribution in [0.15, 0.2) is 42.5 Å². The third kappa shape index (κ3) is 6.86. The van der Waals surface area contributed by atoms with Crippen LogP contribution in [0.1, 0.15) is 18.4 Å². The highest BCUT2D eigenvalue weighted by Gasteiger charge is 2.15. The number of halogens is 1. The van der Waals surface area contributed by atoms with E-state index in [0.717, 1.165) is 6.42 Å². The Morgan fingerprint density at radius 3 is 2.81 bits per heavy atom. The predicted octanol–water partition coefficient (Wildman–Crippen LogP) is 3.64. The van der Waals surface area contributed by atoms with Gasteiger partial charge in [-0.3, -0.25) is 14.9 Å². The summed E-state index contributed by atoms with van der Waals surface area (Å²) in [7, 11) is 0. The fourth-order valence-electron chi connectivity index (χ4n) is 2.31. The minimum absolute atomic E-state index is 0.0557. The third-order valence-electron chi connectivity index (χ3n) is 3.72. The van der Waals surface area contributed by atoms with Gasteiger partial charge in [0.05, 0.1) is 18.0 Å². The van der Waals surface area contributed by atoms with Gasteiger partial charge in [-0.25, -0.2) is 4.79 Å². The maximum Gasteiger partial charge on any atom is 0.407 e. The van der Waals surface area contributed by atoms with Gasteiger partial charge in [-0.15, -0.1) is 0 Å². The molecular formula is C18H19BrN2O6. The number of rotatable bonds is 8. The first kappa shape index (κ1) is 20.6. The Labute approximate surface area is 164 Å². The average Bonchev–Trinajstić information content (AvgIpc) is 2.67. The van der Waals surface area contributed by atoms with Gasteiger partial charge in [-0.05, 0) is 12.5 Å². The van der Waals surface area contributed by atoms with Crippen LogP contribution < -0.4 is 10.1 Å². The summed E-state index contributed by atoms with van der Waals surface area (Å²) >= 11 is 3.21. The van der Waals surface area contributed by atoms with Crippen molar-refractivity contribution in [2.45, 2.75) is 18.2 Å². The molecule has 144 valence electrons. The number of hydrogen-bond acceptors (Lipinski definition) is 6. The van der Waals surface area contributed by atoms with E-state index in [-0.39, 0.29) is 36.9 Å². The largest absolute Gasteiger partial charge is 0.449 e. The van der Waals surface area contributed by atoms with Crippen molar-refractivity contribution in [3.63, 3.8) is 0 Å². The molecule has 1 aromatic carbocycles. The zero-order chi connectivity index (χ0) is 19.6. The lowest BCUT2D eigenvalue weighted by Crippen LogP contribution is -2.29. The van der Waals surface area contributed by atoms with Gasteiger partial charge < -0.3 is 14.8 Å². The molecule has 0 heterocycles. The number of benzene rings is 1. The summed E-state index contributed by atoms with van der Waals surface area (Å²) in [5, 5.41) is 13.6. The van der Waals surface area contributed by atoms with Crippen molar-refractivity contribution in [2.75, 3.05) is 13.2 Å². The van der Waals surface area contributed by atoms with Crippen LogP contribution in [0, 0.1) is 16.0 Å². The number of alkyl halides is 1. The lowest BCUT2D eigenvalue weighted by Gasteiger charge is -2.13. The number of non-ortho nitro benzene ring substituents is 1. The van der Waals surface area contributed by atoms with Crippen molar-refractivity contribution in [3.05, 3.63) is 58.2 Å². The SMILES string of the molecule is O=C(CCNC(=O)OCC1C=CC=CC1)Oc1ccc([N+](=O)[O-])cc1CBr. The summed E-state index contributed by atoms with van der Waals surface area (Å²) in [5.74, 6) is -0.163. The molecule has 27 heavy (non-hydrogen) atoms. The number of nitro benzene ring substituents is 1. The molecule has 1 aliphatic rings. The molecular weight excluding hydrogens is 420 g/mol. The smallest absolute Gasteiger partial charge is 0.407 e. The van der Waals surface area contributed by atoms with Gasteiger partial charge in [-0.2, -0.15) is 0 Å². The number of hydrogen-bond donors (Lipinski definition) is 1. The molecule has 0 radical (unpaired) electrons. The average molecular weight is 439 g/mol. The zero-order valence-corrected chi connectivity index (χ0v) is 16.0. The molecule has 0 spiro atoms. The molecule has 0 bridgehead atoms. The first-order chi connectivity index (χ1) is 13.0. The highest BCUT2D eigenvalue weighted by atomic mass is 79.9. The van der Waals surface area contributed by atoms with E-state index in [1.165, 1.54) is 18.2 Å². The van der Waals surface area contributed by atoms with Gasteiger partial charge in [0.1, 0.15) is 5.75 Å².